The van der Waals surface area contributed by atoms with E-state index in [1.54, 1.807) is 22.3 Å². The molecule has 0 saturated carbocycles. The molecule has 2 fully saturated rings. The smallest absolute Gasteiger partial charge is 0.312 e. The quantitative estimate of drug-likeness (QED) is 0.158. The molecule has 2 unspecified atom stereocenters. The zero-order valence-corrected chi connectivity index (χ0v) is 28.6. The zero-order chi connectivity index (χ0) is 33.7. The second kappa shape index (κ2) is 15.4. The Morgan fingerprint density at radius 3 is 1.98 bits per heavy atom. The summed E-state index contributed by atoms with van der Waals surface area (Å²) in [5, 5.41) is 10.6. The second-order valence-electron chi connectivity index (χ2n) is 10.7. The number of urea groups is 1. The minimum absolute atomic E-state index is 0.144. The molecule has 6 heterocycles. The number of nitrogens with one attached hydrogen (secondary N) is 4. The summed E-state index contributed by atoms with van der Waals surface area (Å²) in [5.41, 5.74) is 6.14. The van der Waals surface area contributed by atoms with Crippen molar-refractivity contribution in [3.05, 3.63) is 65.4 Å². The average molecular weight is 723 g/mol. The van der Waals surface area contributed by atoms with Crippen LogP contribution in [0.4, 0.5) is 23.8 Å². The van der Waals surface area contributed by atoms with Gasteiger partial charge in [0.1, 0.15) is 0 Å². The molecule has 18 heteroatoms. The van der Waals surface area contributed by atoms with Crippen molar-refractivity contribution >= 4 is 79.4 Å². The largest absolute Gasteiger partial charge is 0.352 e. The first-order valence-corrected chi connectivity index (χ1v) is 17.9. The molecule has 0 aliphatic carbocycles. The SMILES string of the molecule is Cc1sc(C2CCCN2)cc1C(=O)Nc1ncc(F)s1.Cc1sc(C2CCCN2C(=O)CNC(N)=O)cc1C(=O)Nc1ncc(F)s1. The van der Waals surface area contributed by atoms with E-state index < -0.39 is 16.3 Å². The van der Waals surface area contributed by atoms with Gasteiger partial charge in [-0.15, -0.1) is 22.7 Å². The lowest BCUT2D eigenvalue weighted by molar-refractivity contribution is -0.130. The summed E-state index contributed by atoms with van der Waals surface area (Å²) < 4.78 is 25.9. The minimum atomic E-state index is -0.747. The Morgan fingerprint density at radius 2 is 1.47 bits per heavy atom. The number of carbonyl (C=O) groups is 4. The average Bonchev–Trinajstić information content (AvgIpc) is 3.86. The van der Waals surface area contributed by atoms with Crippen LogP contribution in [-0.4, -0.2) is 58.3 Å². The van der Waals surface area contributed by atoms with Crippen LogP contribution in [0.25, 0.3) is 0 Å². The highest BCUT2D eigenvalue weighted by Crippen LogP contribution is 2.38. The summed E-state index contributed by atoms with van der Waals surface area (Å²) in [4.78, 5) is 60.9. The number of rotatable bonds is 8. The molecule has 6 rings (SSSR count). The van der Waals surface area contributed by atoms with Gasteiger partial charge in [0.2, 0.25) is 5.91 Å². The van der Waals surface area contributed by atoms with Crippen molar-refractivity contribution in [2.24, 2.45) is 5.73 Å². The third-order valence-electron chi connectivity index (χ3n) is 7.48. The van der Waals surface area contributed by atoms with Crippen LogP contribution in [0.1, 0.15) is 78.0 Å². The Morgan fingerprint density at radius 1 is 0.894 bits per heavy atom. The van der Waals surface area contributed by atoms with Gasteiger partial charge >= 0.3 is 6.03 Å². The van der Waals surface area contributed by atoms with Crippen molar-refractivity contribution in [3.8, 4) is 0 Å². The number of hydrogen-bond donors (Lipinski definition) is 5. The van der Waals surface area contributed by atoms with Gasteiger partial charge in [-0.3, -0.25) is 25.0 Å². The van der Waals surface area contributed by atoms with E-state index in [-0.39, 0.29) is 35.4 Å². The molecule has 2 atom stereocenters. The van der Waals surface area contributed by atoms with Gasteiger partial charge in [-0.2, -0.15) is 8.78 Å². The topological polar surface area (TPSA) is 171 Å². The van der Waals surface area contributed by atoms with E-state index in [2.05, 4.69) is 31.2 Å². The van der Waals surface area contributed by atoms with Crippen LogP contribution in [0.2, 0.25) is 0 Å². The van der Waals surface area contributed by atoms with Gasteiger partial charge in [-0.25, -0.2) is 14.8 Å². The van der Waals surface area contributed by atoms with Crippen molar-refractivity contribution in [1.29, 1.82) is 0 Å². The first kappa shape index (κ1) is 34.5. The Bertz CT molecular complexity index is 1760. The van der Waals surface area contributed by atoms with Crippen molar-refractivity contribution in [1.82, 2.24) is 25.5 Å². The molecule has 4 aromatic rings. The number of thiophene rings is 2. The maximum atomic E-state index is 13.0. The van der Waals surface area contributed by atoms with E-state index >= 15 is 0 Å². The van der Waals surface area contributed by atoms with E-state index in [1.807, 2.05) is 19.9 Å². The molecule has 47 heavy (non-hydrogen) atoms. The lowest BCUT2D eigenvalue weighted by Gasteiger charge is -2.23. The van der Waals surface area contributed by atoms with E-state index in [9.17, 15) is 28.0 Å². The third kappa shape index (κ3) is 8.75. The van der Waals surface area contributed by atoms with Crippen LogP contribution < -0.4 is 27.0 Å². The van der Waals surface area contributed by atoms with Gasteiger partial charge in [-0.05, 0) is 58.2 Å². The number of carbonyl (C=O) groups excluding carboxylic acids is 4. The minimum Gasteiger partial charge on any atom is -0.352 e. The Kier molecular flexibility index (Phi) is 11.3. The maximum Gasteiger partial charge on any atom is 0.312 e. The van der Waals surface area contributed by atoms with Crippen molar-refractivity contribution in [3.63, 3.8) is 0 Å². The molecule has 2 aliphatic rings. The Hall–Kier alpha value is -3.84. The fraction of sp³-hybridized carbons (Fsp3) is 0.379. The number of anilines is 2. The van der Waals surface area contributed by atoms with E-state index in [1.165, 1.54) is 22.6 Å². The molecule has 0 radical (unpaired) electrons. The van der Waals surface area contributed by atoms with Crippen molar-refractivity contribution in [2.45, 2.75) is 51.6 Å². The molecular formula is C29H32F2N8O4S4. The summed E-state index contributed by atoms with van der Waals surface area (Å²) in [6.45, 7) is 5.21. The highest BCUT2D eigenvalue weighted by atomic mass is 32.1. The molecule has 12 nitrogen and oxygen atoms in total. The molecule has 0 aromatic carbocycles. The van der Waals surface area contributed by atoms with Crippen LogP contribution in [0.5, 0.6) is 0 Å². The fourth-order valence-electron chi connectivity index (χ4n) is 5.30. The van der Waals surface area contributed by atoms with Crippen molar-refractivity contribution in [2.75, 3.05) is 30.3 Å². The van der Waals surface area contributed by atoms with Crippen molar-refractivity contribution < 1.29 is 28.0 Å². The van der Waals surface area contributed by atoms with E-state index in [0.717, 1.165) is 75.5 Å². The standard InChI is InChI=1S/C16H18FN5O3S2.C13H14FN3OS2/c1-8-9(14(24)21-16-20-6-12(17)27-16)5-11(26-8)10-3-2-4-22(10)13(23)7-19-15(18)25;1-7-8(5-10(19-7)9-3-2-4-15-9)12(18)17-13-16-6-11(14)20-13/h5-6,10H,2-4,7H2,1H3,(H3,18,19,25)(H,20,21,24);5-6,9,15H,2-4H2,1H3,(H,16,17,18). The Balaban J connectivity index is 0.000000193. The molecule has 250 valence electrons. The molecular weight excluding hydrogens is 691 g/mol. The van der Waals surface area contributed by atoms with Gasteiger partial charge in [0.25, 0.3) is 11.8 Å². The number of likely N-dealkylation sites (tertiary alicyclic amines) is 1. The summed E-state index contributed by atoms with van der Waals surface area (Å²) in [6, 6.07) is 3.16. The van der Waals surface area contributed by atoms with Crippen LogP contribution in [0.3, 0.4) is 0 Å². The second-order valence-corrected chi connectivity index (χ2v) is 15.2. The number of aryl methyl sites for hydroxylation is 2. The molecule has 2 saturated heterocycles. The van der Waals surface area contributed by atoms with Gasteiger partial charge in [-0.1, -0.05) is 22.7 Å². The first-order valence-electron chi connectivity index (χ1n) is 14.6. The molecule has 5 amide bonds. The molecule has 0 bridgehead atoms. The molecule has 2 aliphatic heterocycles. The van der Waals surface area contributed by atoms with Gasteiger partial charge in [0.15, 0.2) is 20.5 Å². The Labute approximate surface area is 284 Å². The maximum absolute atomic E-state index is 13.0. The fourth-order valence-corrected chi connectivity index (χ4v) is 8.69. The first-order chi connectivity index (χ1) is 22.5. The number of nitrogens with two attached hydrogens (primary N) is 1. The number of aromatic nitrogens is 2. The summed E-state index contributed by atoms with van der Waals surface area (Å²) in [6.07, 6.45) is 6.05. The zero-order valence-electron chi connectivity index (χ0n) is 25.4. The highest BCUT2D eigenvalue weighted by Gasteiger charge is 2.32. The van der Waals surface area contributed by atoms with E-state index in [4.69, 9.17) is 5.73 Å². The molecule has 0 spiro atoms. The van der Waals surface area contributed by atoms with Crippen LogP contribution in [0.15, 0.2) is 24.5 Å². The molecule has 6 N–H and O–H groups in total. The van der Waals surface area contributed by atoms with Gasteiger partial charge in [0.05, 0.1) is 36.1 Å². The van der Waals surface area contributed by atoms with Crippen LogP contribution >= 0.6 is 45.3 Å². The van der Waals surface area contributed by atoms with Crippen LogP contribution in [0, 0.1) is 24.1 Å². The lowest BCUT2D eigenvalue weighted by Crippen LogP contribution is -2.41. The van der Waals surface area contributed by atoms with Gasteiger partial charge in [0, 0.05) is 32.1 Å². The number of nitrogens with zero attached hydrogens (tertiary/aromatic N) is 3. The highest BCUT2D eigenvalue weighted by molar-refractivity contribution is 7.14. The normalized spacial score (nSPS) is 17.2. The number of halogens is 2. The van der Waals surface area contributed by atoms with Crippen LogP contribution in [-0.2, 0) is 4.79 Å². The number of amides is 5. The lowest BCUT2D eigenvalue weighted by atomic mass is 10.1. The predicted molar refractivity (Wildman–Crippen MR) is 179 cm³/mol. The summed E-state index contributed by atoms with van der Waals surface area (Å²) in [5.74, 6) is -0.806. The number of hydrogen-bond acceptors (Lipinski definition) is 11. The summed E-state index contributed by atoms with van der Waals surface area (Å²) >= 11 is 4.67. The molecule has 4 aromatic heterocycles. The predicted octanol–water partition coefficient (Wildman–Crippen LogP) is 5.57. The number of thiazole rings is 2. The van der Waals surface area contributed by atoms with E-state index in [0.29, 0.717) is 28.8 Å². The summed E-state index contributed by atoms with van der Waals surface area (Å²) in [7, 11) is 0. The third-order valence-corrected chi connectivity index (χ3v) is 11.2. The van der Waals surface area contributed by atoms with Gasteiger partial charge < -0.3 is 21.3 Å². The monoisotopic (exact) mass is 722 g/mol. The number of primary amides is 1.